The molecule has 0 aromatic heterocycles. The lowest BCUT2D eigenvalue weighted by Crippen LogP contribution is -2.22. The molecule has 2 nitrogen and oxygen atoms in total. The van der Waals surface area contributed by atoms with E-state index < -0.39 is 0 Å². The van der Waals surface area contributed by atoms with Gasteiger partial charge in [-0.05, 0) is 32.9 Å². The molecule has 0 radical (unpaired) electrons. The largest absolute Gasteiger partial charge is 0.506 e. The summed E-state index contributed by atoms with van der Waals surface area (Å²) in [5, 5.41) is 9.62. The van der Waals surface area contributed by atoms with E-state index in [0.29, 0.717) is 10.8 Å². The lowest BCUT2D eigenvalue weighted by atomic mass is 10.2. The fraction of sp³-hybridized carbons (Fsp3) is 0.400. The average Bonchev–Trinajstić information content (AvgIpc) is 1.94. The third kappa shape index (κ3) is 3.15. The molecule has 0 saturated heterocycles. The van der Waals surface area contributed by atoms with Gasteiger partial charge >= 0.3 is 0 Å². The van der Waals surface area contributed by atoms with Crippen LogP contribution in [0.3, 0.4) is 0 Å². The smallest absolute Gasteiger partial charge is 0.137 e. The van der Waals surface area contributed by atoms with E-state index in [1.807, 2.05) is 20.8 Å². The summed E-state index contributed by atoms with van der Waals surface area (Å²) in [6.45, 7) is 5.83. The predicted molar refractivity (Wildman–Crippen MR) is 53.5 cm³/mol. The molecular formula is C10H13ClO2. The zero-order valence-corrected chi connectivity index (χ0v) is 8.72. The maximum atomic E-state index is 9.28. The molecule has 0 aliphatic rings. The van der Waals surface area contributed by atoms with Gasteiger partial charge in [0.05, 0.1) is 5.02 Å². The highest BCUT2D eigenvalue weighted by molar-refractivity contribution is 6.32. The minimum atomic E-state index is -0.264. The molecule has 0 heterocycles. The van der Waals surface area contributed by atoms with Gasteiger partial charge in [-0.2, -0.15) is 0 Å². The maximum absolute atomic E-state index is 9.28. The minimum Gasteiger partial charge on any atom is -0.506 e. The Morgan fingerprint density at radius 2 is 1.92 bits per heavy atom. The SMILES string of the molecule is CC(C)(C)Oc1ccc(Cl)c(O)c1. The van der Waals surface area contributed by atoms with Crippen LogP contribution in [-0.4, -0.2) is 10.7 Å². The number of hydrogen-bond acceptors (Lipinski definition) is 2. The first-order valence-electron chi connectivity index (χ1n) is 4.06. The molecule has 1 N–H and O–H groups in total. The zero-order valence-electron chi connectivity index (χ0n) is 7.97. The van der Waals surface area contributed by atoms with E-state index in [2.05, 4.69) is 0 Å². The summed E-state index contributed by atoms with van der Waals surface area (Å²) in [4.78, 5) is 0. The van der Waals surface area contributed by atoms with E-state index in [-0.39, 0.29) is 11.4 Å². The highest BCUT2D eigenvalue weighted by Gasteiger charge is 2.12. The van der Waals surface area contributed by atoms with Crippen LogP contribution in [0.5, 0.6) is 11.5 Å². The van der Waals surface area contributed by atoms with Crippen LogP contribution in [-0.2, 0) is 0 Å². The van der Waals surface area contributed by atoms with Gasteiger partial charge in [-0.15, -0.1) is 0 Å². The van der Waals surface area contributed by atoms with Crippen LogP contribution < -0.4 is 4.74 Å². The Morgan fingerprint density at radius 3 is 2.38 bits per heavy atom. The Bertz CT molecular complexity index is 302. The Kier molecular flexibility index (Phi) is 2.71. The summed E-state index contributed by atoms with van der Waals surface area (Å²) >= 11 is 5.65. The maximum Gasteiger partial charge on any atom is 0.137 e. The molecule has 0 atom stereocenters. The molecule has 0 aliphatic heterocycles. The Hall–Kier alpha value is -0.890. The number of hydrogen-bond donors (Lipinski definition) is 1. The van der Waals surface area contributed by atoms with Crippen LogP contribution >= 0.6 is 11.6 Å². The van der Waals surface area contributed by atoms with Gasteiger partial charge in [0.2, 0.25) is 0 Å². The van der Waals surface area contributed by atoms with E-state index >= 15 is 0 Å². The molecule has 0 spiro atoms. The lowest BCUT2D eigenvalue weighted by Gasteiger charge is -2.21. The number of phenols is 1. The molecular weight excluding hydrogens is 188 g/mol. The molecule has 0 aliphatic carbocycles. The van der Waals surface area contributed by atoms with Crippen molar-refractivity contribution >= 4 is 11.6 Å². The first-order valence-corrected chi connectivity index (χ1v) is 4.44. The van der Waals surface area contributed by atoms with Gasteiger partial charge < -0.3 is 9.84 Å². The number of benzene rings is 1. The fourth-order valence-corrected chi connectivity index (χ4v) is 1.03. The molecule has 3 heteroatoms. The minimum absolute atomic E-state index is 0.0448. The molecule has 72 valence electrons. The quantitative estimate of drug-likeness (QED) is 0.754. The van der Waals surface area contributed by atoms with Gasteiger partial charge in [-0.25, -0.2) is 0 Å². The van der Waals surface area contributed by atoms with Crippen molar-refractivity contribution in [1.29, 1.82) is 0 Å². The lowest BCUT2D eigenvalue weighted by molar-refractivity contribution is 0.130. The summed E-state index contributed by atoms with van der Waals surface area (Å²) in [7, 11) is 0. The number of rotatable bonds is 1. The molecule has 1 aromatic carbocycles. The van der Waals surface area contributed by atoms with E-state index in [1.54, 1.807) is 12.1 Å². The van der Waals surface area contributed by atoms with Crippen molar-refractivity contribution in [3.63, 3.8) is 0 Å². The highest BCUT2D eigenvalue weighted by Crippen LogP contribution is 2.29. The van der Waals surface area contributed by atoms with E-state index in [9.17, 15) is 5.11 Å². The second-order valence-electron chi connectivity index (χ2n) is 3.83. The van der Waals surface area contributed by atoms with Gasteiger partial charge in [0.1, 0.15) is 17.1 Å². The number of aromatic hydroxyl groups is 1. The molecule has 0 bridgehead atoms. The summed E-state index contributed by atoms with van der Waals surface area (Å²) in [6.07, 6.45) is 0. The van der Waals surface area contributed by atoms with Gasteiger partial charge in [0.15, 0.2) is 0 Å². The van der Waals surface area contributed by atoms with Crippen LogP contribution in [0.2, 0.25) is 5.02 Å². The van der Waals surface area contributed by atoms with Crippen molar-refractivity contribution in [2.24, 2.45) is 0 Å². The van der Waals surface area contributed by atoms with Crippen LogP contribution in [0, 0.1) is 0 Å². The van der Waals surface area contributed by atoms with Gasteiger partial charge in [0, 0.05) is 6.07 Å². The van der Waals surface area contributed by atoms with Crippen molar-refractivity contribution < 1.29 is 9.84 Å². The molecule has 0 unspecified atom stereocenters. The van der Waals surface area contributed by atoms with Crippen LogP contribution in [0.15, 0.2) is 18.2 Å². The van der Waals surface area contributed by atoms with Crippen LogP contribution in [0.1, 0.15) is 20.8 Å². The predicted octanol–water partition coefficient (Wildman–Crippen LogP) is 3.22. The fourth-order valence-electron chi connectivity index (χ4n) is 0.910. The number of ether oxygens (including phenoxy) is 1. The van der Waals surface area contributed by atoms with Gasteiger partial charge in [-0.3, -0.25) is 0 Å². The Labute approximate surface area is 83.1 Å². The standard InChI is InChI=1S/C10H13ClO2/c1-10(2,3)13-7-4-5-8(11)9(12)6-7/h4-6,12H,1-3H3. The first-order chi connectivity index (χ1) is 5.88. The van der Waals surface area contributed by atoms with E-state index in [1.165, 1.54) is 6.07 Å². The van der Waals surface area contributed by atoms with Gasteiger partial charge in [-0.1, -0.05) is 11.6 Å². The van der Waals surface area contributed by atoms with Crippen LogP contribution in [0.25, 0.3) is 0 Å². The van der Waals surface area contributed by atoms with Crippen molar-refractivity contribution in [3.8, 4) is 11.5 Å². The van der Waals surface area contributed by atoms with Crippen molar-refractivity contribution in [2.75, 3.05) is 0 Å². The Balaban J connectivity index is 2.86. The Morgan fingerprint density at radius 1 is 1.31 bits per heavy atom. The summed E-state index contributed by atoms with van der Waals surface area (Å²) in [5.41, 5.74) is -0.264. The summed E-state index contributed by atoms with van der Waals surface area (Å²) in [5.74, 6) is 0.665. The summed E-state index contributed by atoms with van der Waals surface area (Å²) in [6, 6.07) is 4.85. The monoisotopic (exact) mass is 200 g/mol. The average molecular weight is 201 g/mol. The second kappa shape index (κ2) is 3.46. The number of phenolic OH excluding ortho intramolecular Hbond substituents is 1. The van der Waals surface area contributed by atoms with E-state index in [0.717, 1.165) is 0 Å². The van der Waals surface area contributed by atoms with Crippen molar-refractivity contribution in [3.05, 3.63) is 23.2 Å². The topological polar surface area (TPSA) is 29.5 Å². The van der Waals surface area contributed by atoms with E-state index in [4.69, 9.17) is 16.3 Å². The molecule has 0 fully saturated rings. The van der Waals surface area contributed by atoms with Gasteiger partial charge in [0.25, 0.3) is 0 Å². The molecule has 13 heavy (non-hydrogen) atoms. The third-order valence-corrected chi connectivity index (χ3v) is 1.66. The third-order valence-electron chi connectivity index (χ3n) is 1.34. The number of halogens is 1. The van der Waals surface area contributed by atoms with Crippen molar-refractivity contribution in [2.45, 2.75) is 26.4 Å². The zero-order chi connectivity index (χ0) is 10.1. The molecule has 0 amide bonds. The molecule has 0 saturated carbocycles. The summed E-state index contributed by atoms with van der Waals surface area (Å²) < 4.78 is 5.52. The van der Waals surface area contributed by atoms with Crippen LogP contribution in [0.4, 0.5) is 0 Å². The second-order valence-corrected chi connectivity index (χ2v) is 4.23. The molecule has 1 aromatic rings. The highest BCUT2D eigenvalue weighted by atomic mass is 35.5. The van der Waals surface area contributed by atoms with Crippen molar-refractivity contribution in [1.82, 2.24) is 0 Å². The first kappa shape index (κ1) is 10.2. The molecule has 1 rings (SSSR count). The normalized spacial score (nSPS) is 11.4.